The van der Waals surface area contributed by atoms with Crippen molar-refractivity contribution in [1.29, 1.82) is 0 Å². The molecule has 176 valence electrons. The molecule has 1 aliphatic heterocycles. The molecule has 0 aromatic heterocycles. The number of rotatable bonds is 8. The monoisotopic (exact) mass is 452 g/mol. The van der Waals surface area contributed by atoms with E-state index < -0.39 is 24.2 Å². The molecule has 0 spiro atoms. The molecule has 2 aromatic rings. The van der Waals surface area contributed by atoms with E-state index in [4.69, 9.17) is 9.47 Å². The minimum atomic E-state index is -1.11. The van der Waals surface area contributed by atoms with Gasteiger partial charge in [0.25, 0.3) is 0 Å². The number of nitrogens with zero attached hydrogens (tertiary/aromatic N) is 2. The molecule has 2 aromatic carbocycles. The molecule has 3 rings (SSSR count). The number of carbonyl (C=O) groups excluding carboxylic acids is 3. The zero-order valence-electron chi connectivity index (χ0n) is 19.5. The number of amides is 2. The van der Waals surface area contributed by atoms with Gasteiger partial charge in [0.05, 0.1) is 0 Å². The van der Waals surface area contributed by atoms with E-state index in [9.17, 15) is 14.4 Å². The van der Waals surface area contributed by atoms with Gasteiger partial charge in [-0.2, -0.15) is 0 Å². The van der Waals surface area contributed by atoms with Gasteiger partial charge in [0, 0.05) is 26.6 Å². The Hall–Kier alpha value is -3.35. The van der Waals surface area contributed by atoms with Gasteiger partial charge >= 0.3 is 12.1 Å². The normalized spacial score (nSPS) is 17.1. The molecule has 1 heterocycles. The Morgan fingerprint density at radius 3 is 2.18 bits per heavy atom. The summed E-state index contributed by atoms with van der Waals surface area (Å²) in [5.41, 5.74) is 1.69. The lowest BCUT2D eigenvalue weighted by Crippen LogP contribution is -2.58. The third kappa shape index (κ3) is 6.81. The van der Waals surface area contributed by atoms with Gasteiger partial charge in [-0.15, -0.1) is 0 Å². The van der Waals surface area contributed by atoms with Crippen LogP contribution < -0.4 is 0 Å². The second-order valence-electron chi connectivity index (χ2n) is 8.75. The standard InChI is InChI=1S/C26H32N2O5/c1-19(2)16-22-24(29)27(3)14-15-28(22)26(31)33-23(17-20-10-6-4-7-11-20)25(30)32-18-21-12-8-5-9-13-21/h4-13,19,22-23H,14-18H2,1-3H3/t22-,23?/m0/s1. The summed E-state index contributed by atoms with van der Waals surface area (Å²) in [6, 6.07) is 18.1. The summed E-state index contributed by atoms with van der Waals surface area (Å²) in [5, 5.41) is 0. The van der Waals surface area contributed by atoms with E-state index >= 15 is 0 Å². The fourth-order valence-electron chi connectivity index (χ4n) is 3.82. The summed E-state index contributed by atoms with van der Waals surface area (Å²) in [6.45, 7) is 4.88. The van der Waals surface area contributed by atoms with Crippen molar-refractivity contribution in [3.63, 3.8) is 0 Å². The average molecular weight is 453 g/mol. The van der Waals surface area contributed by atoms with Gasteiger partial charge in [-0.1, -0.05) is 74.5 Å². The first kappa shape index (κ1) is 24.3. The van der Waals surface area contributed by atoms with Gasteiger partial charge in [-0.3, -0.25) is 9.69 Å². The smallest absolute Gasteiger partial charge is 0.411 e. The Balaban J connectivity index is 1.74. The highest BCUT2D eigenvalue weighted by Gasteiger charge is 2.39. The first-order chi connectivity index (χ1) is 15.8. The van der Waals surface area contributed by atoms with Crippen molar-refractivity contribution in [2.24, 2.45) is 5.92 Å². The lowest BCUT2D eigenvalue weighted by molar-refractivity contribution is -0.156. The topological polar surface area (TPSA) is 76.2 Å². The Bertz CT molecular complexity index is 932. The number of likely N-dealkylation sites (N-methyl/N-ethyl adjacent to an activating group) is 1. The second kappa shape index (κ2) is 11.5. The Morgan fingerprint density at radius 1 is 0.970 bits per heavy atom. The molecule has 0 N–H and O–H groups in total. The van der Waals surface area contributed by atoms with Crippen molar-refractivity contribution >= 4 is 18.0 Å². The second-order valence-corrected chi connectivity index (χ2v) is 8.75. The van der Waals surface area contributed by atoms with Crippen LogP contribution in [0.3, 0.4) is 0 Å². The molecule has 1 saturated heterocycles. The summed E-state index contributed by atoms with van der Waals surface area (Å²) in [5.74, 6) is -0.508. The van der Waals surface area contributed by atoms with E-state index in [1.165, 1.54) is 4.90 Å². The van der Waals surface area contributed by atoms with E-state index in [1.54, 1.807) is 11.9 Å². The van der Waals surface area contributed by atoms with Crippen LogP contribution in [0.25, 0.3) is 0 Å². The molecule has 7 heteroatoms. The fourth-order valence-corrected chi connectivity index (χ4v) is 3.82. The zero-order valence-corrected chi connectivity index (χ0v) is 19.5. The van der Waals surface area contributed by atoms with Crippen molar-refractivity contribution in [1.82, 2.24) is 9.80 Å². The summed E-state index contributed by atoms with van der Waals surface area (Å²) in [6.07, 6.45) is -1.06. The van der Waals surface area contributed by atoms with Gasteiger partial charge in [-0.05, 0) is 23.5 Å². The van der Waals surface area contributed by atoms with Crippen LogP contribution in [0.5, 0.6) is 0 Å². The third-order valence-electron chi connectivity index (χ3n) is 5.64. The molecule has 2 amide bonds. The first-order valence-electron chi connectivity index (χ1n) is 11.3. The molecule has 1 fully saturated rings. The SMILES string of the molecule is CC(C)C[C@H]1C(=O)N(C)CCN1C(=O)OC(Cc1ccccc1)C(=O)OCc1ccccc1. The zero-order chi connectivity index (χ0) is 23.8. The van der Waals surface area contributed by atoms with Crippen LogP contribution in [-0.2, 0) is 32.1 Å². The maximum atomic E-state index is 13.1. The van der Waals surface area contributed by atoms with Crippen molar-refractivity contribution in [2.45, 2.75) is 45.4 Å². The predicted molar refractivity (Wildman–Crippen MR) is 124 cm³/mol. The quantitative estimate of drug-likeness (QED) is 0.572. The van der Waals surface area contributed by atoms with Gasteiger partial charge in [0.15, 0.2) is 0 Å². The van der Waals surface area contributed by atoms with Crippen LogP contribution in [0.15, 0.2) is 60.7 Å². The molecule has 1 aliphatic rings. The van der Waals surface area contributed by atoms with E-state index in [-0.39, 0.29) is 24.9 Å². The van der Waals surface area contributed by atoms with Crippen LogP contribution in [0.2, 0.25) is 0 Å². The molecule has 0 bridgehead atoms. The van der Waals surface area contributed by atoms with E-state index in [0.717, 1.165) is 11.1 Å². The maximum absolute atomic E-state index is 13.1. The van der Waals surface area contributed by atoms with Gasteiger partial charge in [0.2, 0.25) is 12.0 Å². The molecular weight excluding hydrogens is 420 g/mol. The van der Waals surface area contributed by atoms with Crippen LogP contribution >= 0.6 is 0 Å². The van der Waals surface area contributed by atoms with Crippen LogP contribution in [0.1, 0.15) is 31.4 Å². The molecule has 0 radical (unpaired) electrons. The van der Waals surface area contributed by atoms with Crippen molar-refractivity contribution in [3.8, 4) is 0 Å². The third-order valence-corrected chi connectivity index (χ3v) is 5.64. The highest BCUT2D eigenvalue weighted by atomic mass is 16.6. The molecule has 33 heavy (non-hydrogen) atoms. The van der Waals surface area contributed by atoms with Crippen LogP contribution in [0.4, 0.5) is 4.79 Å². The van der Waals surface area contributed by atoms with E-state index in [1.807, 2.05) is 74.5 Å². The number of hydrogen-bond acceptors (Lipinski definition) is 5. The number of ether oxygens (including phenoxy) is 2. The molecule has 0 saturated carbocycles. The van der Waals surface area contributed by atoms with E-state index in [0.29, 0.717) is 19.5 Å². The molecule has 1 unspecified atom stereocenters. The van der Waals surface area contributed by atoms with Gasteiger partial charge in [0.1, 0.15) is 12.6 Å². The number of carbonyl (C=O) groups is 3. The summed E-state index contributed by atoms with van der Waals surface area (Å²) < 4.78 is 11.2. The minimum Gasteiger partial charge on any atom is -0.458 e. The van der Waals surface area contributed by atoms with Crippen molar-refractivity contribution < 1.29 is 23.9 Å². The first-order valence-corrected chi connectivity index (χ1v) is 11.3. The summed E-state index contributed by atoms with van der Waals surface area (Å²) in [4.78, 5) is 41.9. The molecule has 7 nitrogen and oxygen atoms in total. The Labute approximate surface area is 195 Å². The highest BCUT2D eigenvalue weighted by molar-refractivity contribution is 5.87. The Kier molecular flexibility index (Phi) is 8.46. The Morgan fingerprint density at radius 2 is 1.58 bits per heavy atom. The van der Waals surface area contributed by atoms with Gasteiger partial charge in [-0.25, -0.2) is 9.59 Å². The van der Waals surface area contributed by atoms with E-state index in [2.05, 4.69) is 0 Å². The molecular formula is C26H32N2O5. The molecule has 0 aliphatic carbocycles. The lowest BCUT2D eigenvalue weighted by atomic mass is 10.00. The number of esters is 1. The minimum absolute atomic E-state index is 0.0888. The molecule has 2 atom stereocenters. The van der Waals surface area contributed by atoms with Crippen molar-refractivity contribution in [3.05, 3.63) is 71.8 Å². The number of hydrogen-bond donors (Lipinski definition) is 0. The van der Waals surface area contributed by atoms with Crippen LogP contribution in [0, 0.1) is 5.92 Å². The summed E-state index contributed by atoms with van der Waals surface area (Å²) >= 11 is 0. The van der Waals surface area contributed by atoms with Crippen molar-refractivity contribution in [2.75, 3.05) is 20.1 Å². The number of benzene rings is 2. The fraction of sp³-hybridized carbons (Fsp3) is 0.423. The van der Waals surface area contributed by atoms with Crippen LogP contribution in [-0.4, -0.2) is 60.1 Å². The highest BCUT2D eigenvalue weighted by Crippen LogP contribution is 2.20. The largest absolute Gasteiger partial charge is 0.458 e. The number of piperazine rings is 1. The maximum Gasteiger partial charge on any atom is 0.411 e. The van der Waals surface area contributed by atoms with Gasteiger partial charge < -0.3 is 14.4 Å². The lowest BCUT2D eigenvalue weighted by Gasteiger charge is -2.39. The predicted octanol–water partition coefficient (Wildman–Crippen LogP) is 3.67. The summed E-state index contributed by atoms with van der Waals surface area (Å²) in [7, 11) is 1.73. The average Bonchev–Trinajstić information content (AvgIpc) is 2.81.